The minimum absolute atomic E-state index is 0.0804. The van der Waals surface area contributed by atoms with Crippen LogP contribution in [0.3, 0.4) is 0 Å². The van der Waals surface area contributed by atoms with Crippen LogP contribution in [0.1, 0.15) is 25.0 Å². The molecule has 1 aliphatic rings. The molecule has 1 aliphatic heterocycles. The summed E-state index contributed by atoms with van der Waals surface area (Å²) in [5.74, 6) is -0.294. The molecule has 25 heavy (non-hydrogen) atoms. The van der Waals surface area contributed by atoms with Gasteiger partial charge in [0, 0.05) is 7.05 Å². The van der Waals surface area contributed by atoms with Crippen molar-refractivity contribution in [1.82, 2.24) is 10.2 Å². The molecule has 2 atom stereocenters. The minimum atomic E-state index is -0.663. The SMILES string of the molecule is C[C@H]1C(=O)N(C)C(=N)N[C@]1(C)c1cccc(-c2cccc(C#N)c2)c1. The number of nitrogens with one attached hydrogen (secondary N) is 2. The fraction of sp³-hybridized carbons (Fsp3) is 0.250. The summed E-state index contributed by atoms with van der Waals surface area (Å²) in [6.07, 6.45) is 0. The highest BCUT2D eigenvalue weighted by Crippen LogP contribution is 2.35. The number of benzene rings is 2. The van der Waals surface area contributed by atoms with Crippen LogP contribution in [0.15, 0.2) is 48.5 Å². The quantitative estimate of drug-likeness (QED) is 0.887. The summed E-state index contributed by atoms with van der Waals surface area (Å²) < 4.78 is 0. The molecule has 0 spiro atoms. The van der Waals surface area contributed by atoms with Gasteiger partial charge in [0.1, 0.15) is 0 Å². The van der Waals surface area contributed by atoms with Gasteiger partial charge in [-0.05, 0) is 41.8 Å². The molecular formula is C20H20N4O. The smallest absolute Gasteiger partial charge is 0.234 e. The minimum Gasteiger partial charge on any atom is -0.346 e. The number of rotatable bonds is 2. The lowest BCUT2D eigenvalue weighted by atomic mass is 9.77. The number of guanidine groups is 1. The Morgan fingerprint density at radius 3 is 2.52 bits per heavy atom. The molecule has 0 aromatic heterocycles. The van der Waals surface area contributed by atoms with Crippen LogP contribution in [0.2, 0.25) is 0 Å². The zero-order chi connectivity index (χ0) is 18.2. The van der Waals surface area contributed by atoms with Gasteiger partial charge in [-0.1, -0.05) is 37.3 Å². The number of amides is 1. The molecule has 2 aromatic carbocycles. The fourth-order valence-corrected chi connectivity index (χ4v) is 3.20. The van der Waals surface area contributed by atoms with E-state index in [9.17, 15) is 4.79 Å². The molecule has 0 unspecified atom stereocenters. The summed E-state index contributed by atoms with van der Waals surface area (Å²) in [5, 5.41) is 20.3. The molecule has 0 saturated carbocycles. The summed E-state index contributed by atoms with van der Waals surface area (Å²) in [6.45, 7) is 3.82. The largest absolute Gasteiger partial charge is 0.346 e. The molecule has 0 radical (unpaired) electrons. The van der Waals surface area contributed by atoms with E-state index in [1.165, 1.54) is 4.90 Å². The summed E-state index contributed by atoms with van der Waals surface area (Å²) in [4.78, 5) is 13.8. The van der Waals surface area contributed by atoms with Crippen LogP contribution in [-0.2, 0) is 10.3 Å². The number of carbonyl (C=O) groups is 1. The van der Waals surface area contributed by atoms with Gasteiger partial charge in [0.05, 0.1) is 23.1 Å². The molecule has 0 aliphatic carbocycles. The topological polar surface area (TPSA) is 80.0 Å². The van der Waals surface area contributed by atoms with Crippen LogP contribution in [0.5, 0.6) is 0 Å². The van der Waals surface area contributed by atoms with Crippen molar-refractivity contribution >= 4 is 11.9 Å². The first-order valence-electron chi connectivity index (χ1n) is 8.12. The van der Waals surface area contributed by atoms with Crippen molar-refractivity contribution in [3.63, 3.8) is 0 Å². The maximum atomic E-state index is 12.5. The highest BCUT2D eigenvalue weighted by molar-refractivity contribution is 6.00. The lowest BCUT2D eigenvalue weighted by molar-refractivity contribution is -0.134. The van der Waals surface area contributed by atoms with Gasteiger partial charge in [0.25, 0.3) is 0 Å². The lowest BCUT2D eigenvalue weighted by Gasteiger charge is -2.44. The Labute approximate surface area is 147 Å². The van der Waals surface area contributed by atoms with Gasteiger partial charge < -0.3 is 5.32 Å². The molecule has 1 heterocycles. The van der Waals surface area contributed by atoms with Crippen molar-refractivity contribution in [3.05, 3.63) is 59.7 Å². The Kier molecular flexibility index (Phi) is 4.05. The predicted octanol–water partition coefficient (Wildman–Crippen LogP) is 3.07. The first-order valence-corrected chi connectivity index (χ1v) is 8.12. The van der Waals surface area contributed by atoms with Crippen LogP contribution in [0, 0.1) is 22.7 Å². The van der Waals surface area contributed by atoms with E-state index in [4.69, 9.17) is 10.7 Å². The first kappa shape index (κ1) is 16.7. The molecule has 0 bridgehead atoms. The van der Waals surface area contributed by atoms with E-state index in [0.29, 0.717) is 5.56 Å². The van der Waals surface area contributed by atoms with Crippen molar-refractivity contribution in [2.75, 3.05) is 7.05 Å². The molecule has 5 nitrogen and oxygen atoms in total. The Bertz CT molecular complexity index is 899. The zero-order valence-corrected chi connectivity index (χ0v) is 14.5. The number of nitriles is 1. The van der Waals surface area contributed by atoms with E-state index in [0.717, 1.165) is 16.7 Å². The Hall–Kier alpha value is -3.13. The van der Waals surface area contributed by atoms with Crippen molar-refractivity contribution in [2.45, 2.75) is 19.4 Å². The summed E-state index contributed by atoms with van der Waals surface area (Å²) >= 11 is 0. The second-order valence-electron chi connectivity index (χ2n) is 6.57. The van der Waals surface area contributed by atoms with Crippen molar-refractivity contribution in [1.29, 1.82) is 10.7 Å². The third kappa shape index (κ3) is 2.76. The van der Waals surface area contributed by atoms with Gasteiger partial charge in [0.2, 0.25) is 5.91 Å². The van der Waals surface area contributed by atoms with Crippen LogP contribution >= 0.6 is 0 Å². The standard InChI is InChI=1S/C20H20N4O/c1-13-18(25)24(3)19(22)23-20(13,2)17-9-5-8-16(11-17)15-7-4-6-14(10-15)12-21/h4-11,13H,1-3H3,(H2,22,23)/t13-,20-/m0/s1. The molecule has 5 heteroatoms. The van der Waals surface area contributed by atoms with Gasteiger partial charge >= 0.3 is 0 Å². The highest BCUT2D eigenvalue weighted by atomic mass is 16.2. The fourth-order valence-electron chi connectivity index (χ4n) is 3.20. The number of hydrogen-bond acceptors (Lipinski definition) is 3. The zero-order valence-electron chi connectivity index (χ0n) is 14.5. The van der Waals surface area contributed by atoms with E-state index in [2.05, 4.69) is 11.4 Å². The Morgan fingerprint density at radius 2 is 1.84 bits per heavy atom. The van der Waals surface area contributed by atoms with Gasteiger partial charge in [-0.15, -0.1) is 0 Å². The van der Waals surface area contributed by atoms with Crippen molar-refractivity contribution in [3.8, 4) is 17.2 Å². The van der Waals surface area contributed by atoms with Crippen LogP contribution in [0.4, 0.5) is 0 Å². The summed E-state index contributed by atoms with van der Waals surface area (Å²) in [6, 6.07) is 17.5. The van der Waals surface area contributed by atoms with Crippen LogP contribution in [0.25, 0.3) is 11.1 Å². The van der Waals surface area contributed by atoms with Gasteiger partial charge in [-0.2, -0.15) is 5.26 Å². The second kappa shape index (κ2) is 6.06. The normalized spacial score (nSPS) is 23.1. The maximum absolute atomic E-state index is 12.5. The Morgan fingerprint density at radius 1 is 1.20 bits per heavy atom. The third-order valence-electron chi connectivity index (χ3n) is 5.07. The predicted molar refractivity (Wildman–Crippen MR) is 96.7 cm³/mol. The average molecular weight is 332 g/mol. The molecule has 126 valence electrons. The number of nitrogens with zero attached hydrogens (tertiary/aromatic N) is 2. The number of hydrogen-bond donors (Lipinski definition) is 2. The lowest BCUT2D eigenvalue weighted by Crippen LogP contribution is -2.62. The van der Waals surface area contributed by atoms with Crippen molar-refractivity contribution < 1.29 is 4.79 Å². The van der Waals surface area contributed by atoms with Crippen molar-refractivity contribution in [2.24, 2.45) is 5.92 Å². The van der Waals surface area contributed by atoms with Crippen LogP contribution in [-0.4, -0.2) is 23.8 Å². The summed E-state index contributed by atoms with van der Waals surface area (Å²) in [5.41, 5.74) is 2.81. The maximum Gasteiger partial charge on any atom is 0.234 e. The van der Waals surface area contributed by atoms with Gasteiger partial charge in [0.15, 0.2) is 5.96 Å². The van der Waals surface area contributed by atoms with E-state index < -0.39 is 5.54 Å². The molecule has 1 saturated heterocycles. The van der Waals surface area contributed by atoms with E-state index in [-0.39, 0.29) is 17.8 Å². The molecule has 2 N–H and O–H groups in total. The number of carbonyl (C=O) groups excluding carboxylic acids is 1. The average Bonchev–Trinajstić information content (AvgIpc) is 2.65. The molecule has 3 rings (SSSR count). The van der Waals surface area contributed by atoms with E-state index >= 15 is 0 Å². The second-order valence-corrected chi connectivity index (χ2v) is 6.57. The van der Waals surface area contributed by atoms with Gasteiger partial charge in [-0.3, -0.25) is 15.1 Å². The molecule has 2 aromatic rings. The molecule has 1 amide bonds. The van der Waals surface area contributed by atoms with E-state index in [1.54, 1.807) is 13.1 Å². The molecule has 1 fully saturated rings. The molecular weight excluding hydrogens is 312 g/mol. The summed E-state index contributed by atoms with van der Waals surface area (Å²) in [7, 11) is 1.61. The van der Waals surface area contributed by atoms with Crippen LogP contribution < -0.4 is 5.32 Å². The van der Waals surface area contributed by atoms with E-state index in [1.807, 2.05) is 56.3 Å². The highest BCUT2D eigenvalue weighted by Gasteiger charge is 2.44. The third-order valence-corrected chi connectivity index (χ3v) is 5.07. The monoisotopic (exact) mass is 332 g/mol. The first-order chi connectivity index (χ1) is 11.9. The Balaban J connectivity index is 2.05. The van der Waals surface area contributed by atoms with Gasteiger partial charge in [-0.25, -0.2) is 0 Å².